The number of hydrogen-bond acceptors (Lipinski definition) is 2. The number of nitrogens with zero attached hydrogens (tertiary/aromatic N) is 1. The molecular formula is C9H11NO2. The van der Waals surface area contributed by atoms with Crippen molar-refractivity contribution in [3.63, 3.8) is 0 Å². The van der Waals surface area contributed by atoms with Gasteiger partial charge in [0, 0.05) is 0 Å². The summed E-state index contributed by atoms with van der Waals surface area (Å²) in [5.41, 5.74) is 2.07. The molecule has 0 spiro atoms. The van der Waals surface area contributed by atoms with Crippen molar-refractivity contribution in [1.82, 2.24) is 5.06 Å². The van der Waals surface area contributed by atoms with Gasteiger partial charge in [-0.15, -0.1) is 0 Å². The monoisotopic (exact) mass is 165 g/mol. The van der Waals surface area contributed by atoms with E-state index >= 15 is 0 Å². The number of aryl methyl sites for hydroxylation is 1. The number of hydroxylamine groups is 2. The van der Waals surface area contributed by atoms with Gasteiger partial charge in [-0.2, -0.15) is 0 Å². The summed E-state index contributed by atoms with van der Waals surface area (Å²) in [6.45, 7) is 2.23. The Morgan fingerprint density at radius 2 is 2.00 bits per heavy atom. The normalized spacial score (nSPS) is 9.50. The largest absolute Gasteiger partial charge is 0.286 e. The molecule has 0 bridgehead atoms. The summed E-state index contributed by atoms with van der Waals surface area (Å²) >= 11 is 0. The second kappa shape index (κ2) is 3.88. The molecule has 1 aromatic rings. The lowest BCUT2D eigenvalue weighted by Crippen LogP contribution is -2.15. The molecule has 1 amide bonds. The fourth-order valence-electron chi connectivity index (χ4n) is 0.918. The van der Waals surface area contributed by atoms with Crippen LogP contribution in [0.25, 0.3) is 0 Å². The lowest BCUT2D eigenvalue weighted by molar-refractivity contribution is -0.152. The predicted molar refractivity (Wildman–Crippen MR) is 44.6 cm³/mol. The van der Waals surface area contributed by atoms with Crippen molar-refractivity contribution in [2.75, 3.05) is 0 Å². The fourth-order valence-corrected chi connectivity index (χ4v) is 0.918. The number of benzene rings is 1. The molecule has 0 aromatic heterocycles. The molecule has 0 fully saturated rings. The summed E-state index contributed by atoms with van der Waals surface area (Å²) in [5, 5.41) is 9.46. The highest BCUT2D eigenvalue weighted by atomic mass is 16.5. The Morgan fingerprint density at radius 1 is 1.42 bits per heavy atom. The van der Waals surface area contributed by atoms with Crippen LogP contribution in [0.2, 0.25) is 0 Å². The maximum absolute atomic E-state index is 10.1. The highest BCUT2D eigenvalue weighted by Crippen LogP contribution is 2.04. The van der Waals surface area contributed by atoms with Gasteiger partial charge in [0.1, 0.15) is 0 Å². The van der Waals surface area contributed by atoms with Gasteiger partial charge in [-0.3, -0.25) is 10.0 Å². The molecular weight excluding hydrogens is 154 g/mol. The maximum atomic E-state index is 10.1. The minimum atomic E-state index is 0.240. The third kappa shape index (κ3) is 2.36. The number of carbonyl (C=O) groups is 1. The van der Waals surface area contributed by atoms with E-state index in [1.165, 1.54) is 0 Å². The van der Waals surface area contributed by atoms with Crippen molar-refractivity contribution in [3.8, 4) is 0 Å². The molecule has 0 atom stereocenters. The number of rotatable bonds is 3. The van der Waals surface area contributed by atoms with Gasteiger partial charge in [0.2, 0.25) is 6.41 Å². The first-order chi connectivity index (χ1) is 5.72. The van der Waals surface area contributed by atoms with Gasteiger partial charge < -0.3 is 0 Å². The summed E-state index contributed by atoms with van der Waals surface area (Å²) in [6, 6.07) is 7.63. The zero-order valence-corrected chi connectivity index (χ0v) is 6.90. The van der Waals surface area contributed by atoms with E-state index in [0.717, 1.165) is 11.1 Å². The van der Waals surface area contributed by atoms with Gasteiger partial charge in [0.25, 0.3) is 0 Å². The standard InChI is InChI=1S/C9H11NO2/c1-8-2-4-9(5-3-8)6-10(12)7-11/h2-5,7,12H,6H2,1H3. The second-order valence-electron chi connectivity index (χ2n) is 2.69. The van der Waals surface area contributed by atoms with E-state index in [4.69, 9.17) is 5.21 Å². The van der Waals surface area contributed by atoms with Crippen LogP contribution in [-0.2, 0) is 11.3 Å². The highest BCUT2D eigenvalue weighted by Gasteiger charge is 1.97. The molecule has 0 saturated heterocycles. The number of hydrogen-bond donors (Lipinski definition) is 1. The molecule has 3 heteroatoms. The van der Waals surface area contributed by atoms with E-state index in [2.05, 4.69) is 0 Å². The first-order valence-electron chi connectivity index (χ1n) is 3.69. The molecule has 12 heavy (non-hydrogen) atoms. The molecule has 0 radical (unpaired) electrons. The molecule has 0 heterocycles. The Morgan fingerprint density at radius 3 is 2.50 bits per heavy atom. The summed E-state index contributed by atoms with van der Waals surface area (Å²) in [7, 11) is 0. The van der Waals surface area contributed by atoms with Gasteiger partial charge in [-0.05, 0) is 12.5 Å². The van der Waals surface area contributed by atoms with Crippen molar-refractivity contribution < 1.29 is 10.0 Å². The van der Waals surface area contributed by atoms with Crippen molar-refractivity contribution in [2.45, 2.75) is 13.5 Å². The van der Waals surface area contributed by atoms with Crippen LogP contribution in [0.3, 0.4) is 0 Å². The summed E-state index contributed by atoms with van der Waals surface area (Å²) in [4.78, 5) is 10.1. The Labute approximate surface area is 71.2 Å². The van der Waals surface area contributed by atoms with Crippen molar-refractivity contribution in [2.24, 2.45) is 0 Å². The molecule has 0 unspecified atom stereocenters. The fraction of sp³-hybridized carbons (Fsp3) is 0.222. The molecule has 0 aliphatic rings. The van der Waals surface area contributed by atoms with E-state index in [9.17, 15) is 4.79 Å². The van der Waals surface area contributed by atoms with Crippen LogP contribution >= 0.6 is 0 Å². The van der Waals surface area contributed by atoms with Crippen LogP contribution in [-0.4, -0.2) is 16.7 Å². The van der Waals surface area contributed by atoms with Gasteiger partial charge in [-0.1, -0.05) is 29.8 Å². The van der Waals surface area contributed by atoms with Crippen LogP contribution in [0, 0.1) is 6.92 Å². The lowest BCUT2D eigenvalue weighted by atomic mass is 10.1. The van der Waals surface area contributed by atoms with Crippen molar-refractivity contribution in [3.05, 3.63) is 35.4 Å². The second-order valence-corrected chi connectivity index (χ2v) is 2.69. The van der Waals surface area contributed by atoms with Crippen LogP contribution in [0.1, 0.15) is 11.1 Å². The molecule has 1 rings (SSSR count). The van der Waals surface area contributed by atoms with Crippen molar-refractivity contribution in [1.29, 1.82) is 0 Å². The molecule has 3 nitrogen and oxygen atoms in total. The molecule has 0 aliphatic carbocycles. The average molecular weight is 165 g/mol. The number of amides is 1. The predicted octanol–water partition coefficient (Wildman–Crippen LogP) is 1.34. The van der Waals surface area contributed by atoms with Crippen LogP contribution < -0.4 is 0 Å². The van der Waals surface area contributed by atoms with Gasteiger partial charge in [0.15, 0.2) is 0 Å². The Hall–Kier alpha value is -1.35. The summed E-state index contributed by atoms with van der Waals surface area (Å²) < 4.78 is 0. The minimum absolute atomic E-state index is 0.240. The van der Waals surface area contributed by atoms with Gasteiger partial charge in [0.05, 0.1) is 6.54 Å². The van der Waals surface area contributed by atoms with Crippen LogP contribution in [0.15, 0.2) is 24.3 Å². The third-order valence-electron chi connectivity index (χ3n) is 1.59. The zero-order chi connectivity index (χ0) is 8.97. The maximum Gasteiger partial charge on any atom is 0.233 e. The van der Waals surface area contributed by atoms with E-state index in [1.54, 1.807) is 0 Å². The Bertz CT molecular complexity index is 256. The quantitative estimate of drug-likeness (QED) is 0.417. The first-order valence-corrected chi connectivity index (χ1v) is 3.69. The molecule has 1 aromatic carbocycles. The zero-order valence-electron chi connectivity index (χ0n) is 6.90. The van der Waals surface area contributed by atoms with Crippen LogP contribution in [0.4, 0.5) is 0 Å². The van der Waals surface area contributed by atoms with Gasteiger partial charge in [-0.25, -0.2) is 5.06 Å². The van der Waals surface area contributed by atoms with Crippen molar-refractivity contribution >= 4 is 6.41 Å². The Kier molecular flexibility index (Phi) is 2.82. The molecule has 1 N–H and O–H groups in total. The average Bonchev–Trinajstić information content (AvgIpc) is 2.09. The third-order valence-corrected chi connectivity index (χ3v) is 1.59. The number of carbonyl (C=O) groups excluding carboxylic acids is 1. The molecule has 64 valence electrons. The summed E-state index contributed by atoms with van der Waals surface area (Å²) in [6.07, 6.45) is 0.389. The van der Waals surface area contributed by atoms with Crippen LogP contribution in [0.5, 0.6) is 0 Å². The van der Waals surface area contributed by atoms with Gasteiger partial charge >= 0.3 is 0 Å². The van der Waals surface area contributed by atoms with E-state index in [-0.39, 0.29) is 6.54 Å². The topological polar surface area (TPSA) is 40.5 Å². The Balaban J connectivity index is 2.64. The van der Waals surface area contributed by atoms with E-state index in [0.29, 0.717) is 11.5 Å². The SMILES string of the molecule is Cc1ccc(CN(O)C=O)cc1. The van der Waals surface area contributed by atoms with E-state index in [1.807, 2.05) is 31.2 Å². The molecule has 0 saturated carbocycles. The van der Waals surface area contributed by atoms with E-state index < -0.39 is 0 Å². The lowest BCUT2D eigenvalue weighted by Gasteiger charge is -2.07. The molecule has 0 aliphatic heterocycles. The highest BCUT2D eigenvalue weighted by molar-refractivity contribution is 5.45. The minimum Gasteiger partial charge on any atom is -0.286 e. The first kappa shape index (κ1) is 8.74. The smallest absolute Gasteiger partial charge is 0.233 e. The summed E-state index contributed by atoms with van der Waals surface area (Å²) in [5.74, 6) is 0.